The average molecular weight is 339 g/mol. The van der Waals surface area contributed by atoms with Crippen molar-refractivity contribution in [1.82, 2.24) is 10.3 Å². The zero-order chi connectivity index (χ0) is 14.5. The van der Waals surface area contributed by atoms with Crippen LogP contribution < -0.4 is 5.32 Å². The van der Waals surface area contributed by atoms with Crippen LogP contribution >= 0.6 is 34.9 Å². The minimum Gasteiger partial charge on any atom is -0.312 e. The number of thiazole rings is 1. The Hall–Kier alpha value is -0.230. The summed E-state index contributed by atoms with van der Waals surface area (Å²) < 4.78 is 1.31. The Bertz CT molecular complexity index is 530. The number of thioether (sulfide) groups is 2. The number of hydrogen-bond donors (Lipinski definition) is 1. The standard InChI is InChI=1S/C16H22N2S3/c1-2-7-17-13(15-11-19-8-9-20-15)10-16-18-12-5-3-4-6-14(12)21-16/h3-6,13,15,17H,2,7-11H2,1H3. The van der Waals surface area contributed by atoms with Gasteiger partial charge in [0.25, 0.3) is 0 Å². The first-order chi connectivity index (χ1) is 10.4. The maximum atomic E-state index is 4.82. The normalized spacial score (nSPS) is 20.7. The maximum Gasteiger partial charge on any atom is 0.0954 e. The van der Waals surface area contributed by atoms with E-state index in [2.05, 4.69) is 60.0 Å². The molecule has 1 aliphatic rings. The minimum absolute atomic E-state index is 0.559. The summed E-state index contributed by atoms with van der Waals surface area (Å²) in [6, 6.07) is 9.03. The molecule has 0 amide bonds. The lowest BCUT2D eigenvalue weighted by Gasteiger charge is -2.29. The van der Waals surface area contributed by atoms with E-state index in [1.54, 1.807) is 0 Å². The fourth-order valence-electron chi connectivity index (χ4n) is 2.60. The van der Waals surface area contributed by atoms with Crippen LogP contribution in [0.25, 0.3) is 10.2 Å². The number of hydrogen-bond acceptors (Lipinski definition) is 5. The molecule has 1 fully saturated rings. The van der Waals surface area contributed by atoms with Gasteiger partial charge in [0.2, 0.25) is 0 Å². The topological polar surface area (TPSA) is 24.9 Å². The van der Waals surface area contributed by atoms with Crippen molar-refractivity contribution in [2.45, 2.75) is 31.1 Å². The largest absolute Gasteiger partial charge is 0.312 e. The molecule has 1 aromatic carbocycles. The van der Waals surface area contributed by atoms with Crippen LogP contribution in [-0.2, 0) is 6.42 Å². The van der Waals surface area contributed by atoms with E-state index >= 15 is 0 Å². The van der Waals surface area contributed by atoms with Gasteiger partial charge < -0.3 is 5.32 Å². The molecular formula is C16H22N2S3. The number of aromatic nitrogens is 1. The molecular weight excluding hydrogens is 316 g/mol. The monoisotopic (exact) mass is 338 g/mol. The predicted molar refractivity (Wildman–Crippen MR) is 99.0 cm³/mol. The maximum absolute atomic E-state index is 4.82. The van der Waals surface area contributed by atoms with Crippen LogP contribution in [0.4, 0.5) is 0 Å². The Labute approximate surface area is 139 Å². The number of benzene rings is 1. The van der Waals surface area contributed by atoms with Crippen LogP contribution in [0.1, 0.15) is 18.4 Å². The number of nitrogens with one attached hydrogen (secondary N) is 1. The van der Waals surface area contributed by atoms with Crippen molar-refractivity contribution < 1.29 is 0 Å². The minimum atomic E-state index is 0.559. The van der Waals surface area contributed by atoms with Gasteiger partial charge in [0, 0.05) is 35.0 Å². The first-order valence-electron chi connectivity index (χ1n) is 7.64. The molecule has 0 aliphatic carbocycles. The van der Waals surface area contributed by atoms with E-state index in [1.807, 2.05) is 11.3 Å². The third kappa shape index (κ3) is 4.15. The van der Waals surface area contributed by atoms with Crippen LogP contribution in [0, 0.1) is 0 Å². The second-order valence-corrected chi connectivity index (χ2v) is 8.94. The molecule has 1 aromatic heterocycles. The van der Waals surface area contributed by atoms with Gasteiger partial charge in [0.1, 0.15) is 0 Å². The third-order valence-electron chi connectivity index (χ3n) is 3.68. The van der Waals surface area contributed by atoms with E-state index < -0.39 is 0 Å². The van der Waals surface area contributed by atoms with Gasteiger partial charge in [-0.3, -0.25) is 0 Å². The van der Waals surface area contributed by atoms with E-state index in [9.17, 15) is 0 Å². The highest BCUT2D eigenvalue weighted by atomic mass is 32.2. The Morgan fingerprint density at radius 2 is 2.24 bits per heavy atom. The molecule has 3 rings (SSSR count). The summed E-state index contributed by atoms with van der Waals surface area (Å²) in [5.74, 6) is 3.87. The van der Waals surface area contributed by atoms with Gasteiger partial charge in [-0.15, -0.1) is 11.3 Å². The van der Waals surface area contributed by atoms with Crippen LogP contribution in [-0.4, -0.2) is 40.1 Å². The first kappa shape index (κ1) is 15.7. The Kier molecular flexibility index (Phi) is 5.86. The fraction of sp³-hybridized carbons (Fsp3) is 0.562. The van der Waals surface area contributed by atoms with Crippen molar-refractivity contribution in [1.29, 1.82) is 0 Å². The second-order valence-electron chi connectivity index (χ2n) is 5.32. The molecule has 0 bridgehead atoms. The highest BCUT2D eigenvalue weighted by molar-refractivity contribution is 8.06. The molecule has 2 unspecified atom stereocenters. The Balaban J connectivity index is 1.72. The number of rotatable bonds is 6. The number of para-hydroxylation sites is 1. The van der Waals surface area contributed by atoms with Gasteiger partial charge in [-0.25, -0.2) is 4.98 Å². The molecule has 1 saturated heterocycles. The molecule has 2 nitrogen and oxygen atoms in total. The van der Waals surface area contributed by atoms with E-state index in [1.165, 1.54) is 33.4 Å². The van der Waals surface area contributed by atoms with Gasteiger partial charge in [-0.1, -0.05) is 19.1 Å². The van der Waals surface area contributed by atoms with Crippen molar-refractivity contribution in [3.8, 4) is 0 Å². The van der Waals surface area contributed by atoms with E-state index in [0.29, 0.717) is 6.04 Å². The van der Waals surface area contributed by atoms with Crippen LogP contribution in [0.15, 0.2) is 24.3 Å². The van der Waals surface area contributed by atoms with Gasteiger partial charge in [-0.05, 0) is 25.1 Å². The summed E-state index contributed by atoms with van der Waals surface area (Å²) in [5, 5.41) is 5.77. The Morgan fingerprint density at radius 3 is 3.00 bits per heavy atom. The third-order valence-corrected chi connectivity index (χ3v) is 7.66. The number of fused-ring (bicyclic) bond motifs is 1. The molecule has 1 N–H and O–H groups in total. The summed E-state index contributed by atoms with van der Waals surface area (Å²) in [6.07, 6.45) is 2.26. The van der Waals surface area contributed by atoms with Crippen molar-refractivity contribution in [2.75, 3.05) is 23.8 Å². The zero-order valence-electron chi connectivity index (χ0n) is 12.4. The lowest BCUT2D eigenvalue weighted by atomic mass is 10.1. The van der Waals surface area contributed by atoms with Crippen molar-refractivity contribution in [2.24, 2.45) is 0 Å². The predicted octanol–water partition coefficient (Wildman–Crippen LogP) is 4.06. The molecule has 2 heterocycles. The molecule has 2 atom stereocenters. The molecule has 0 saturated carbocycles. The van der Waals surface area contributed by atoms with Gasteiger partial charge >= 0.3 is 0 Å². The summed E-state index contributed by atoms with van der Waals surface area (Å²) in [4.78, 5) is 4.82. The fourth-order valence-corrected chi connectivity index (χ4v) is 6.51. The van der Waals surface area contributed by atoms with E-state index in [-0.39, 0.29) is 0 Å². The molecule has 0 spiro atoms. The lowest BCUT2D eigenvalue weighted by Crippen LogP contribution is -2.43. The first-order valence-corrected chi connectivity index (χ1v) is 10.7. The van der Waals surface area contributed by atoms with E-state index in [4.69, 9.17) is 4.98 Å². The summed E-state index contributed by atoms with van der Waals surface area (Å²) in [5.41, 5.74) is 1.15. The SMILES string of the molecule is CCCNC(Cc1nc2ccccc2s1)C1CSCCS1. The number of nitrogens with zero attached hydrogens (tertiary/aromatic N) is 1. The van der Waals surface area contributed by atoms with Crippen LogP contribution in [0.2, 0.25) is 0 Å². The lowest BCUT2D eigenvalue weighted by molar-refractivity contribution is 0.505. The quantitative estimate of drug-likeness (QED) is 0.859. The van der Waals surface area contributed by atoms with Crippen molar-refractivity contribution >= 4 is 45.1 Å². The molecule has 21 heavy (non-hydrogen) atoms. The highest BCUT2D eigenvalue weighted by Crippen LogP contribution is 2.29. The van der Waals surface area contributed by atoms with Crippen LogP contribution in [0.3, 0.4) is 0 Å². The van der Waals surface area contributed by atoms with Gasteiger partial charge in [0.05, 0.1) is 15.2 Å². The molecule has 0 radical (unpaired) electrons. The average Bonchev–Trinajstić information content (AvgIpc) is 2.94. The molecule has 1 aliphatic heterocycles. The molecule has 5 heteroatoms. The summed E-state index contributed by atoms with van der Waals surface area (Å²) >= 11 is 6.10. The highest BCUT2D eigenvalue weighted by Gasteiger charge is 2.25. The van der Waals surface area contributed by atoms with Crippen LogP contribution in [0.5, 0.6) is 0 Å². The summed E-state index contributed by atoms with van der Waals surface area (Å²) in [6.45, 7) is 3.35. The van der Waals surface area contributed by atoms with E-state index in [0.717, 1.165) is 23.7 Å². The smallest absolute Gasteiger partial charge is 0.0954 e. The van der Waals surface area contributed by atoms with Crippen molar-refractivity contribution in [3.63, 3.8) is 0 Å². The van der Waals surface area contributed by atoms with Gasteiger partial charge in [0.15, 0.2) is 0 Å². The zero-order valence-corrected chi connectivity index (χ0v) is 14.8. The molecule has 114 valence electrons. The van der Waals surface area contributed by atoms with Crippen molar-refractivity contribution in [3.05, 3.63) is 29.3 Å². The van der Waals surface area contributed by atoms with Gasteiger partial charge in [-0.2, -0.15) is 23.5 Å². The Morgan fingerprint density at radius 1 is 1.33 bits per heavy atom. The molecule has 2 aromatic rings. The second kappa shape index (κ2) is 7.86. The summed E-state index contributed by atoms with van der Waals surface area (Å²) in [7, 11) is 0.